The highest BCUT2D eigenvalue weighted by Crippen LogP contribution is 2.24. The van der Waals surface area contributed by atoms with Gasteiger partial charge in [-0.25, -0.2) is 4.99 Å². The van der Waals surface area contributed by atoms with Gasteiger partial charge >= 0.3 is 0 Å². The molecule has 2 fully saturated rings. The molecule has 0 unspecified atom stereocenters. The average Bonchev–Trinajstić information content (AvgIpc) is 2.86. The Morgan fingerprint density at radius 3 is 1.86 bits per heavy atom. The third kappa shape index (κ3) is 23.4. The molecule has 2 heterocycles. The van der Waals surface area contributed by atoms with Gasteiger partial charge in [-0.1, -0.05) is 65.5 Å². The number of carbonyl (C=O) groups excluding carboxylic acids is 2. The van der Waals surface area contributed by atoms with Crippen molar-refractivity contribution < 1.29 is 9.59 Å². The molecule has 8 nitrogen and oxygen atoms in total. The van der Waals surface area contributed by atoms with Crippen LogP contribution in [0.4, 0.5) is 0 Å². The maximum Gasteiger partial charge on any atom is 0.226 e. The highest BCUT2D eigenvalue weighted by atomic mass is 35.5. The number of nitrogens with zero attached hydrogens (tertiary/aromatic N) is 3. The maximum absolute atomic E-state index is 10.7. The minimum atomic E-state index is -0.202. The zero-order valence-electron chi connectivity index (χ0n) is 23.1. The summed E-state index contributed by atoms with van der Waals surface area (Å²) < 4.78 is 0. The number of amides is 2. The van der Waals surface area contributed by atoms with Crippen molar-refractivity contribution in [1.82, 2.24) is 15.3 Å². The summed E-state index contributed by atoms with van der Waals surface area (Å²) >= 11 is 5.60. The van der Waals surface area contributed by atoms with E-state index in [9.17, 15) is 9.59 Å². The van der Waals surface area contributed by atoms with E-state index in [4.69, 9.17) is 23.1 Å². The molecule has 2 amide bonds. The molecule has 9 heteroatoms. The van der Waals surface area contributed by atoms with Crippen LogP contribution in [0.25, 0.3) is 0 Å². The fraction of sp³-hybridized carbons (Fsp3) is 0.654. The van der Waals surface area contributed by atoms with Crippen molar-refractivity contribution in [2.45, 2.75) is 94.0 Å². The topological polar surface area (TPSA) is 136 Å². The van der Waals surface area contributed by atoms with Crippen LogP contribution in [0.2, 0.25) is 0 Å². The highest BCUT2D eigenvalue weighted by molar-refractivity contribution is 6.30. The van der Waals surface area contributed by atoms with E-state index < -0.39 is 0 Å². The lowest BCUT2D eigenvalue weighted by Gasteiger charge is -2.18. The zero-order valence-corrected chi connectivity index (χ0v) is 23.9. The van der Waals surface area contributed by atoms with E-state index in [0.29, 0.717) is 31.1 Å². The molecule has 1 saturated carbocycles. The van der Waals surface area contributed by atoms with Crippen LogP contribution in [0, 0.1) is 11.8 Å². The fourth-order valence-corrected chi connectivity index (χ4v) is 2.41. The summed E-state index contributed by atoms with van der Waals surface area (Å²) in [6.07, 6.45) is 11.8. The van der Waals surface area contributed by atoms with Crippen LogP contribution in [0.3, 0.4) is 0 Å². The standard InChI is InChI=1S/C6H10ClN.C6H10N2O2.C5H7N3.C5H10.2C2H6/c1-4-8-6(7)5(2)3;7-3-4-1-5(9)8-6(10)2-4;6-3-5-4-7-1-2-8-5;1-5-3-2-4-5;2*1-2/h4H,1-3H3;4H,1-3,7H2,(H,8,9,10);1-2,4H,3,6H2;5H,2-4H2,1H3;2*1-2H3/b8-4-;;;;;. The average molecular weight is 513 g/mol. The minimum absolute atomic E-state index is 0.0567. The van der Waals surface area contributed by atoms with Gasteiger partial charge in [0.1, 0.15) is 5.16 Å². The first-order valence-electron chi connectivity index (χ1n) is 12.5. The largest absolute Gasteiger partial charge is 0.330 e. The van der Waals surface area contributed by atoms with Crippen molar-refractivity contribution in [2.75, 3.05) is 6.54 Å². The van der Waals surface area contributed by atoms with Gasteiger partial charge < -0.3 is 11.5 Å². The summed E-state index contributed by atoms with van der Waals surface area (Å²) in [6.45, 7) is 16.9. The first-order valence-corrected chi connectivity index (χ1v) is 12.9. The van der Waals surface area contributed by atoms with Gasteiger partial charge in [-0.2, -0.15) is 0 Å². The number of carbonyl (C=O) groups is 2. The van der Waals surface area contributed by atoms with Crippen LogP contribution < -0.4 is 16.8 Å². The summed E-state index contributed by atoms with van der Waals surface area (Å²) in [7, 11) is 0. The Kier molecular flexibility index (Phi) is 28.3. The van der Waals surface area contributed by atoms with Gasteiger partial charge in [-0.15, -0.1) is 0 Å². The second kappa shape index (κ2) is 26.4. The third-order valence-corrected chi connectivity index (χ3v) is 4.91. The number of allylic oxidation sites excluding steroid dienone is 1. The van der Waals surface area contributed by atoms with Crippen molar-refractivity contribution in [2.24, 2.45) is 28.3 Å². The molecular weight excluding hydrogens is 464 g/mol. The summed E-state index contributed by atoms with van der Waals surface area (Å²) in [5.74, 6) is 0.717. The summed E-state index contributed by atoms with van der Waals surface area (Å²) in [5.41, 5.74) is 12.4. The molecule has 1 aromatic rings. The van der Waals surface area contributed by atoms with E-state index in [0.717, 1.165) is 17.2 Å². The highest BCUT2D eigenvalue weighted by Gasteiger charge is 2.23. The van der Waals surface area contributed by atoms with Crippen molar-refractivity contribution in [1.29, 1.82) is 0 Å². The Bertz CT molecular complexity index is 687. The summed E-state index contributed by atoms with van der Waals surface area (Å²) in [6, 6.07) is 0. The first kappa shape index (κ1) is 37.4. The Hall–Kier alpha value is -2.16. The maximum atomic E-state index is 10.7. The molecule has 5 N–H and O–H groups in total. The molecule has 0 spiro atoms. The third-order valence-electron chi connectivity index (χ3n) is 4.43. The molecule has 2 aliphatic rings. The molecular formula is C26H49ClN6O2. The van der Waals surface area contributed by atoms with Gasteiger partial charge in [0.15, 0.2) is 0 Å². The van der Waals surface area contributed by atoms with Crippen LogP contribution in [0.1, 0.15) is 93.2 Å². The monoisotopic (exact) mass is 512 g/mol. The van der Waals surface area contributed by atoms with Gasteiger partial charge in [0.2, 0.25) is 11.8 Å². The molecule has 1 aliphatic carbocycles. The number of aromatic nitrogens is 2. The van der Waals surface area contributed by atoms with Crippen LogP contribution >= 0.6 is 11.6 Å². The lowest BCUT2D eigenvalue weighted by molar-refractivity contribution is -0.134. The number of imide groups is 1. The van der Waals surface area contributed by atoms with Gasteiger partial charge in [-0.3, -0.25) is 24.9 Å². The van der Waals surface area contributed by atoms with Gasteiger partial charge in [0.05, 0.1) is 5.69 Å². The van der Waals surface area contributed by atoms with Crippen LogP contribution in [-0.4, -0.2) is 34.5 Å². The van der Waals surface area contributed by atoms with E-state index in [-0.39, 0.29) is 17.7 Å². The molecule has 0 aromatic carbocycles. The molecule has 1 saturated heterocycles. The Morgan fingerprint density at radius 2 is 1.63 bits per heavy atom. The van der Waals surface area contributed by atoms with E-state index in [1.165, 1.54) is 19.3 Å². The molecule has 0 bridgehead atoms. The summed E-state index contributed by atoms with van der Waals surface area (Å²) in [4.78, 5) is 32.9. The van der Waals surface area contributed by atoms with Gasteiger partial charge in [0.25, 0.3) is 0 Å². The molecule has 1 aromatic heterocycles. The van der Waals surface area contributed by atoms with Crippen molar-refractivity contribution >= 4 is 29.6 Å². The lowest BCUT2D eigenvalue weighted by Crippen LogP contribution is -2.40. The number of rotatable bonds is 3. The normalized spacial score (nSPS) is 14.4. The molecule has 3 rings (SSSR count). The predicted molar refractivity (Wildman–Crippen MR) is 149 cm³/mol. The Balaban J connectivity index is -0.000000379. The number of hydrogen-bond acceptors (Lipinski definition) is 7. The van der Waals surface area contributed by atoms with Crippen LogP contribution in [0.15, 0.2) is 34.3 Å². The fourth-order valence-electron chi connectivity index (χ4n) is 2.31. The minimum Gasteiger partial charge on any atom is -0.330 e. The Morgan fingerprint density at radius 1 is 1.11 bits per heavy atom. The first-order chi connectivity index (χ1) is 16.7. The number of piperidine rings is 1. The number of hydrogen-bond donors (Lipinski definition) is 3. The number of nitrogens with two attached hydrogens (primary N) is 2. The van der Waals surface area contributed by atoms with E-state index >= 15 is 0 Å². The molecule has 35 heavy (non-hydrogen) atoms. The van der Waals surface area contributed by atoms with E-state index in [1.807, 2.05) is 48.5 Å². The number of halogens is 1. The Labute approximate surface area is 218 Å². The van der Waals surface area contributed by atoms with Gasteiger partial charge in [-0.05, 0) is 44.7 Å². The summed E-state index contributed by atoms with van der Waals surface area (Å²) in [5, 5.41) is 2.80. The van der Waals surface area contributed by atoms with Crippen molar-refractivity contribution in [3.8, 4) is 0 Å². The lowest BCUT2D eigenvalue weighted by atomic mass is 9.88. The SMILES string of the molecule is C/C=N\C(Cl)=C(C)C.CC.CC.CC1CCC1.NCC1CC(=O)NC(=O)C1.NCc1cnccn1. The van der Waals surface area contributed by atoms with E-state index in [2.05, 4.69) is 27.2 Å². The second-order valence-corrected chi connectivity index (χ2v) is 7.95. The van der Waals surface area contributed by atoms with E-state index in [1.54, 1.807) is 24.8 Å². The van der Waals surface area contributed by atoms with Crippen LogP contribution in [0.5, 0.6) is 0 Å². The quantitative estimate of drug-likeness (QED) is 0.283. The second-order valence-electron chi connectivity index (χ2n) is 7.60. The number of nitrogens with one attached hydrogen (secondary N) is 1. The molecule has 0 atom stereocenters. The number of aliphatic imine (C=N–C) groups is 1. The van der Waals surface area contributed by atoms with Crippen molar-refractivity contribution in [3.05, 3.63) is 35.0 Å². The smallest absolute Gasteiger partial charge is 0.226 e. The zero-order chi connectivity index (χ0) is 27.6. The molecule has 1 aliphatic heterocycles. The molecule has 202 valence electrons. The van der Waals surface area contributed by atoms with Gasteiger partial charge in [0, 0.05) is 44.2 Å². The van der Waals surface area contributed by atoms with Crippen LogP contribution in [-0.2, 0) is 16.1 Å². The van der Waals surface area contributed by atoms with Crippen molar-refractivity contribution in [3.63, 3.8) is 0 Å². The predicted octanol–water partition coefficient (Wildman–Crippen LogP) is 5.36. The molecule has 0 radical (unpaired) electrons.